The SMILES string of the molecule is CN(c1cnc(-c2ccc(-c3cc(=O)n(C)cc3F)cc2O)nn1)[C@@H]1C[C@@]2(C)CC[C@](C)(N2)[C@@H]1F. The van der Waals surface area contributed by atoms with Crippen LogP contribution in [0.3, 0.4) is 0 Å². The second kappa shape index (κ2) is 8.08. The third-order valence-electron chi connectivity index (χ3n) is 7.53. The highest BCUT2D eigenvalue weighted by Crippen LogP contribution is 2.45. The standard InChI is InChI=1S/C25H28F2N6O2/c1-24-7-8-25(2,31-24)22(27)18(11-24)33(4)20-12-28-23(30-29-20)15-6-5-14(9-19(15)34)16-10-21(35)32(3)13-17(16)26/h5-6,9-10,12-13,18,22,31,34H,7-8,11H2,1-4H3/t18-,22-,24-,25+/m1/s1. The molecule has 3 aromatic rings. The zero-order chi connectivity index (χ0) is 25.1. The van der Waals surface area contributed by atoms with E-state index < -0.39 is 17.5 Å². The second-order valence-electron chi connectivity index (χ2n) is 10.2. The highest BCUT2D eigenvalue weighted by atomic mass is 19.1. The zero-order valence-corrected chi connectivity index (χ0v) is 20.1. The Labute approximate surface area is 201 Å². The van der Waals surface area contributed by atoms with Crippen molar-refractivity contribution in [3.05, 3.63) is 52.8 Å². The van der Waals surface area contributed by atoms with Gasteiger partial charge in [0, 0.05) is 43.0 Å². The van der Waals surface area contributed by atoms with Crippen LogP contribution in [-0.4, -0.2) is 55.2 Å². The molecule has 0 spiro atoms. The van der Waals surface area contributed by atoms with Gasteiger partial charge in [-0.25, -0.2) is 13.8 Å². The first-order valence-corrected chi connectivity index (χ1v) is 11.6. The summed E-state index contributed by atoms with van der Waals surface area (Å²) in [5, 5.41) is 22.5. The molecule has 2 aromatic heterocycles. The fourth-order valence-corrected chi connectivity index (χ4v) is 5.46. The number of aryl methyl sites for hydroxylation is 1. The predicted octanol–water partition coefficient (Wildman–Crippen LogP) is 3.20. The lowest BCUT2D eigenvalue weighted by atomic mass is 9.82. The number of aromatic hydroxyl groups is 1. The maximum absolute atomic E-state index is 15.4. The average Bonchev–Trinajstić information content (AvgIpc) is 3.10. The maximum atomic E-state index is 15.4. The van der Waals surface area contributed by atoms with Crippen molar-refractivity contribution in [1.29, 1.82) is 0 Å². The van der Waals surface area contributed by atoms with E-state index in [2.05, 4.69) is 27.4 Å². The van der Waals surface area contributed by atoms with Crippen LogP contribution in [-0.2, 0) is 7.05 Å². The number of fused-ring (bicyclic) bond motifs is 2. The number of anilines is 1. The van der Waals surface area contributed by atoms with Crippen molar-refractivity contribution in [3.63, 3.8) is 0 Å². The van der Waals surface area contributed by atoms with E-state index in [4.69, 9.17) is 0 Å². The quantitative estimate of drug-likeness (QED) is 0.590. The van der Waals surface area contributed by atoms with Gasteiger partial charge in [-0.15, -0.1) is 10.2 Å². The lowest BCUT2D eigenvalue weighted by Crippen LogP contribution is -2.65. The normalized spacial score (nSPS) is 27.7. The zero-order valence-electron chi connectivity index (χ0n) is 20.1. The highest BCUT2D eigenvalue weighted by molar-refractivity contribution is 5.73. The van der Waals surface area contributed by atoms with Crippen molar-refractivity contribution >= 4 is 5.82 Å². The van der Waals surface area contributed by atoms with Crippen LogP contribution < -0.4 is 15.8 Å². The molecular formula is C25H28F2N6O2. The Bertz CT molecular complexity index is 1350. The van der Waals surface area contributed by atoms with Gasteiger partial charge in [-0.3, -0.25) is 4.79 Å². The first kappa shape index (κ1) is 23.3. The molecular weight excluding hydrogens is 454 g/mol. The third-order valence-corrected chi connectivity index (χ3v) is 7.53. The molecule has 0 aliphatic carbocycles. The number of hydrogen-bond donors (Lipinski definition) is 2. The van der Waals surface area contributed by atoms with Gasteiger partial charge in [0.2, 0.25) is 0 Å². The molecule has 2 aliphatic rings. The van der Waals surface area contributed by atoms with Gasteiger partial charge in [-0.1, -0.05) is 6.07 Å². The van der Waals surface area contributed by atoms with Crippen molar-refractivity contribution in [3.8, 4) is 28.3 Å². The molecule has 2 saturated heterocycles. The van der Waals surface area contributed by atoms with Crippen LogP contribution in [0.25, 0.3) is 22.5 Å². The molecule has 0 unspecified atom stereocenters. The Hall–Kier alpha value is -3.40. The average molecular weight is 483 g/mol. The van der Waals surface area contributed by atoms with Gasteiger partial charge in [0.05, 0.1) is 17.8 Å². The summed E-state index contributed by atoms with van der Waals surface area (Å²) in [7, 11) is 3.26. The van der Waals surface area contributed by atoms with E-state index in [0.29, 0.717) is 23.4 Å². The minimum absolute atomic E-state index is 0.0880. The van der Waals surface area contributed by atoms with Gasteiger partial charge in [0.15, 0.2) is 11.6 Å². The molecule has 4 atom stereocenters. The first-order chi connectivity index (χ1) is 16.5. The summed E-state index contributed by atoms with van der Waals surface area (Å²) < 4.78 is 30.9. The minimum Gasteiger partial charge on any atom is -0.507 e. The molecule has 10 heteroatoms. The summed E-state index contributed by atoms with van der Waals surface area (Å²) in [5.74, 6) is -0.139. The van der Waals surface area contributed by atoms with Crippen LogP contribution in [0.15, 0.2) is 41.5 Å². The van der Waals surface area contributed by atoms with Crippen molar-refractivity contribution in [2.75, 3.05) is 11.9 Å². The predicted molar refractivity (Wildman–Crippen MR) is 128 cm³/mol. The number of phenols is 1. The van der Waals surface area contributed by atoms with E-state index in [1.165, 1.54) is 25.4 Å². The molecule has 5 rings (SSSR count). The summed E-state index contributed by atoms with van der Waals surface area (Å²) in [4.78, 5) is 18.0. The number of halogens is 2. The monoisotopic (exact) mass is 482 g/mol. The smallest absolute Gasteiger partial charge is 0.251 e. The molecule has 0 amide bonds. The van der Waals surface area contributed by atoms with Crippen LogP contribution >= 0.6 is 0 Å². The molecule has 0 saturated carbocycles. The number of pyridine rings is 1. The second-order valence-corrected chi connectivity index (χ2v) is 10.2. The number of rotatable bonds is 4. The van der Waals surface area contributed by atoms with Gasteiger partial charge >= 0.3 is 0 Å². The van der Waals surface area contributed by atoms with Crippen molar-refractivity contribution in [2.45, 2.75) is 56.4 Å². The molecule has 4 heterocycles. The Morgan fingerprint density at radius 3 is 2.66 bits per heavy atom. The highest BCUT2D eigenvalue weighted by Gasteiger charge is 2.56. The van der Waals surface area contributed by atoms with E-state index in [1.807, 2.05) is 6.92 Å². The molecule has 0 radical (unpaired) electrons. The third kappa shape index (κ3) is 3.95. The van der Waals surface area contributed by atoms with Crippen LogP contribution in [0.2, 0.25) is 0 Å². The number of aromatic nitrogens is 4. The van der Waals surface area contributed by atoms with E-state index in [1.54, 1.807) is 24.1 Å². The number of phenolic OH excluding ortho intramolecular Hbond substituents is 1. The number of hydrogen-bond acceptors (Lipinski definition) is 7. The topological polar surface area (TPSA) is 96.2 Å². The van der Waals surface area contributed by atoms with Crippen molar-refractivity contribution < 1.29 is 13.9 Å². The van der Waals surface area contributed by atoms with Gasteiger partial charge in [0.1, 0.15) is 17.7 Å². The van der Waals surface area contributed by atoms with Gasteiger partial charge in [-0.05, 0) is 50.8 Å². The van der Waals surface area contributed by atoms with Crippen molar-refractivity contribution in [2.24, 2.45) is 7.05 Å². The summed E-state index contributed by atoms with van der Waals surface area (Å²) in [6, 6.07) is 5.30. The molecule has 35 heavy (non-hydrogen) atoms. The largest absolute Gasteiger partial charge is 0.507 e. The Kier molecular flexibility index (Phi) is 5.39. The molecule has 2 aliphatic heterocycles. The van der Waals surface area contributed by atoms with Gasteiger partial charge < -0.3 is 19.9 Å². The maximum Gasteiger partial charge on any atom is 0.251 e. The molecule has 8 nitrogen and oxygen atoms in total. The fourth-order valence-electron chi connectivity index (χ4n) is 5.46. The summed E-state index contributed by atoms with van der Waals surface area (Å²) in [6.07, 6.45) is 3.89. The summed E-state index contributed by atoms with van der Waals surface area (Å²) >= 11 is 0. The fraction of sp³-hybridized carbons (Fsp3) is 0.440. The van der Waals surface area contributed by atoms with Crippen molar-refractivity contribution in [1.82, 2.24) is 25.1 Å². The number of piperidine rings is 1. The van der Waals surface area contributed by atoms with E-state index >= 15 is 4.39 Å². The number of nitrogens with zero attached hydrogens (tertiary/aromatic N) is 5. The number of alkyl halides is 1. The van der Waals surface area contributed by atoms with Crippen LogP contribution in [0, 0.1) is 5.82 Å². The summed E-state index contributed by atoms with van der Waals surface area (Å²) in [6.45, 7) is 4.06. The minimum atomic E-state index is -1.07. The molecule has 184 valence electrons. The molecule has 2 bridgehead atoms. The first-order valence-electron chi connectivity index (χ1n) is 11.6. The van der Waals surface area contributed by atoms with Crippen LogP contribution in [0.5, 0.6) is 5.75 Å². The Morgan fingerprint density at radius 2 is 1.97 bits per heavy atom. The molecule has 2 fully saturated rings. The van der Waals surface area contributed by atoms with E-state index in [0.717, 1.165) is 23.6 Å². The van der Waals surface area contributed by atoms with E-state index in [9.17, 15) is 14.3 Å². The van der Waals surface area contributed by atoms with Crippen LogP contribution in [0.4, 0.5) is 14.6 Å². The number of benzene rings is 1. The molecule has 1 aromatic carbocycles. The van der Waals surface area contributed by atoms with Crippen LogP contribution in [0.1, 0.15) is 33.1 Å². The van der Waals surface area contributed by atoms with Gasteiger partial charge in [0.25, 0.3) is 5.56 Å². The van der Waals surface area contributed by atoms with Gasteiger partial charge in [-0.2, -0.15) is 0 Å². The lowest BCUT2D eigenvalue weighted by Gasteiger charge is -2.47. The molecule has 2 N–H and O–H groups in total. The summed E-state index contributed by atoms with van der Waals surface area (Å²) in [5.41, 5.74) is -0.302. The Morgan fingerprint density at radius 1 is 1.20 bits per heavy atom. The number of nitrogens with one attached hydrogen (secondary N) is 1. The lowest BCUT2D eigenvalue weighted by molar-refractivity contribution is 0.0859. The van der Waals surface area contributed by atoms with E-state index in [-0.39, 0.29) is 34.3 Å². The Balaban J connectivity index is 1.39.